The van der Waals surface area contributed by atoms with Crippen molar-refractivity contribution in [1.82, 2.24) is 10.1 Å². The molecule has 13 heavy (non-hydrogen) atoms. The van der Waals surface area contributed by atoms with Gasteiger partial charge in [-0.3, -0.25) is 0 Å². The molecule has 0 aliphatic carbocycles. The van der Waals surface area contributed by atoms with Crippen LogP contribution in [0.2, 0.25) is 0 Å². The molecule has 74 valence electrons. The molecule has 5 nitrogen and oxygen atoms in total. The lowest BCUT2D eigenvalue weighted by Gasteiger charge is -2.01. The van der Waals surface area contributed by atoms with E-state index in [9.17, 15) is 5.11 Å². The van der Waals surface area contributed by atoms with Crippen molar-refractivity contribution >= 4 is 0 Å². The summed E-state index contributed by atoms with van der Waals surface area (Å²) in [6.07, 6.45) is -0.287. The summed E-state index contributed by atoms with van der Waals surface area (Å²) in [4.78, 5) is 4.04. The smallest absolute Gasteiger partial charge is 0.255 e. The number of aliphatic hydroxyl groups excluding tert-OH is 1. The average Bonchev–Trinajstić information content (AvgIpc) is 2.52. The molecule has 1 unspecified atom stereocenters. The van der Waals surface area contributed by atoms with Crippen molar-refractivity contribution in [1.29, 1.82) is 0 Å². The van der Waals surface area contributed by atoms with Crippen LogP contribution in [0.3, 0.4) is 0 Å². The average molecular weight is 185 g/mol. The Balaban J connectivity index is 2.67. The Hall–Kier alpha value is -0.940. The van der Waals surface area contributed by atoms with E-state index in [0.717, 1.165) is 0 Å². The summed E-state index contributed by atoms with van der Waals surface area (Å²) in [6.45, 7) is 4.33. The van der Waals surface area contributed by atoms with Crippen LogP contribution >= 0.6 is 0 Å². The highest BCUT2D eigenvalue weighted by molar-refractivity contribution is 4.93. The third-order valence-electron chi connectivity index (χ3n) is 1.70. The summed E-state index contributed by atoms with van der Waals surface area (Å²) in [5, 5.41) is 13.2. The molecule has 1 atom stereocenters. The van der Waals surface area contributed by atoms with E-state index >= 15 is 0 Å². The van der Waals surface area contributed by atoms with Crippen LogP contribution in [0.1, 0.15) is 44.0 Å². The standard InChI is InChI=1S/C8H15N3O2/c1-5(2)7-10-8(13-11-7)6(12)3-4-9/h5-6,12H,3-4,9H2,1-2H3. The molecule has 0 radical (unpaired) electrons. The molecule has 1 aromatic rings. The van der Waals surface area contributed by atoms with Crippen LogP contribution < -0.4 is 5.73 Å². The minimum absolute atomic E-state index is 0.211. The van der Waals surface area contributed by atoms with Gasteiger partial charge in [-0.15, -0.1) is 0 Å². The summed E-state index contributed by atoms with van der Waals surface area (Å²) >= 11 is 0. The van der Waals surface area contributed by atoms with E-state index in [1.807, 2.05) is 13.8 Å². The van der Waals surface area contributed by atoms with Gasteiger partial charge < -0.3 is 15.4 Å². The molecule has 1 heterocycles. The topological polar surface area (TPSA) is 85.2 Å². The number of aromatic nitrogens is 2. The first kappa shape index (κ1) is 10.1. The first-order chi connectivity index (χ1) is 6.15. The minimum atomic E-state index is -0.731. The quantitative estimate of drug-likeness (QED) is 0.716. The van der Waals surface area contributed by atoms with E-state index in [-0.39, 0.29) is 11.8 Å². The molecule has 1 aromatic heterocycles. The molecule has 0 aliphatic rings. The molecule has 0 amide bonds. The Labute approximate surface area is 76.9 Å². The van der Waals surface area contributed by atoms with Gasteiger partial charge in [0.25, 0.3) is 5.89 Å². The molecule has 1 rings (SSSR count). The highest BCUT2D eigenvalue weighted by Gasteiger charge is 2.16. The van der Waals surface area contributed by atoms with Crippen molar-refractivity contribution in [3.63, 3.8) is 0 Å². The number of rotatable bonds is 4. The van der Waals surface area contributed by atoms with Crippen LogP contribution in [0, 0.1) is 0 Å². The lowest BCUT2D eigenvalue weighted by Crippen LogP contribution is -2.07. The van der Waals surface area contributed by atoms with E-state index in [1.165, 1.54) is 0 Å². The van der Waals surface area contributed by atoms with Crippen molar-refractivity contribution in [3.05, 3.63) is 11.7 Å². The summed E-state index contributed by atoms with van der Waals surface area (Å²) < 4.78 is 4.87. The molecule has 0 saturated carbocycles. The van der Waals surface area contributed by atoms with E-state index in [4.69, 9.17) is 10.3 Å². The predicted octanol–water partition coefficient (Wildman–Crippen LogP) is 0.575. The zero-order valence-corrected chi connectivity index (χ0v) is 7.90. The fourth-order valence-electron chi connectivity index (χ4n) is 0.898. The van der Waals surface area contributed by atoms with Crippen LogP contribution in [0.25, 0.3) is 0 Å². The number of hydrogen-bond donors (Lipinski definition) is 2. The van der Waals surface area contributed by atoms with Gasteiger partial charge in [0.05, 0.1) is 0 Å². The monoisotopic (exact) mass is 185 g/mol. The molecule has 0 aromatic carbocycles. The Bertz CT molecular complexity index is 260. The normalized spacial score (nSPS) is 13.6. The second-order valence-corrected chi connectivity index (χ2v) is 3.24. The summed E-state index contributed by atoms with van der Waals surface area (Å²) in [5.41, 5.74) is 5.28. The van der Waals surface area contributed by atoms with Crippen LogP contribution in [0.15, 0.2) is 4.52 Å². The van der Waals surface area contributed by atoms with Gasteiger partial charge in [0.2, 0.25) is 0 Å². The van der Waals surface area contributed by atoms with Gasteiger partial charge in [0.15, 0.2) is 5.82 Å². The van der Waals surface area contributed by atoms with Crippen molar-refractivity contribution in [2.75, 3.05) is 6.54 Å². The van der Waals surface area contributed by atoms with Gasteiger partial charge >= 0.3 is 0 Å². The van der Waals surface area contributed by atoms with Gasteiger partial charge in [-0.25, -0.2) is 0 Å². The van der Waals surface area contributed by atoms with Crippen molar-refractivity contribution in [3.8, 4) is 0 Å². The zero-order valence-electron chi connectivity index (χ0n) is 7.90. The number of hydrogen-bond acceptors (Lipinski definition) is 5. The van der Waals surface area contributed by atoms with E-state index in [0.29, 0.717) is 18.8 Å². The van der Waals surface area contributed by atoms with Crippen LogP contribution in [-0.4, -0.2) is 21.8 Å². The summed E-state index contributed by atoms with van der Waals surface area (Å²) in [7, 11) is 0. The Kier molecular flexibility index (Phi) is 3.39. The third kappa shape index (κ3) is 2.50. The molecule has 3 N–H and O–H groups in total. The number of nitrogens with two attached hydrogens (primary N) is 1. The fraction of sp³-hybridized carbons (Fsp3) is 0.750. The largest absolute Gasteiger partial charge is 0.383 e. The summed E-state index contributed by atoms with van der Waals surface area (Å²) in [6, 6.07) is 0. The first-order valence-corrected chi connectivity index (χ1v) is 4.36. The molecular weight excluding hydrogens is 170 g/mol. The minimum Gasteiger partial charge on any atom is -0.383 e. The zero-order chi connectivity index (χ0) is 9.84. The van der Waals surface area contributed by atoms with Gasteiger partial charge in [0.1, 0.15) is 6.10 Å². The van der Waals surface area contributed by atoms with Crippen molar-refractivity contribution in [2.45, 2.75) is 32.3 Å². The summed E-state index contributed by atoms with van der Waals surface area (Å²) in [5.74, 6) is 1.09. The Morgan fingerprint density at radius 2 is 2.23 bits per heavy atom. The lowest BCUT2D eigenvalue weighted by atomic mass is 10.2. The fourth-order valence-corrected chi connectivity index (χ4v) is 0.898. The van der Waals surface area contributed by atoms with Gasteiger partial charge in [0, 0.05) is 5.92 Å². The number of nitrogens with zero attached hydrogens (tertiary/aromatic N) is 2. The maximum Gasteiger partial charge on any atom is 0.255 e. The molecule has 0 fully saturated rings. The molecule has 0 aliphatic heterocycles. The second-order valence-electron chi connectivity index (χ2n) is 3.24. The molecule has 0 spiro atoms. The molecule has 0 saturated heterocycles. The van der Waals surface area contributed by atoms with Crippen LogP contribution in [0.5, 0.6) is 0 Å². The third-order valence-corrected chi connectivity index (χ3v) is 1.70. The maximum atomic E-state index is 9.44. The predicted molar refractivity (Wildman–Crippen MR) is 47.0 cm³/mol. The molecular formula is C8H15N3O2. The van der Waals surface area contributed by atoms with Crippen molar-refractivity contribution in [2.24, 2.45) is 5.73 Å². The SMILES string of the molecule is CC(C)c1noc(C(O)CCN)n1. The lowest BCUT2D eigenvalue weighted by molar-refractivity contribution is 0.127. The highest BCUT2D eigenvalue weighted by Crippen LogP contribution is 2.16. The van der Waals surface area contributed by atoms with Crippen LogP contribution in [-0.2, 0) is 0 Å². The first-order valence-electron chi connectivity index (χ1n) is 4.36. The van der Waals surface area contributed by atoms with Gasteiger partial charge in [-0.05, 0) is 13.0 Å². The highest BCUT2D eigenvalue weighted by atomic mass is 16.5. The molecule has 5 heteroatoms. The van der Waals surface area contributed by atoms with E-state index < -0.39 is 6.10 Å². The van der Waals surface area contributed by atoms with E-state index in [1.54, 1.807) is 0 Å². The van der Waals surface area contributed by atoms with Gasteiger partial charge in [-0.2, -0.15) is 4.98 Å². The van der Waals surface area contributed by atoms with Gasteiger partial charge in [-0.1, -0.05) is 19.0 Å². The number of aliphatic hydroxyl groups is 1. The maximum absolute atomic E-state index is 9.44. The second kappa shape index (κ2) is 4.34. The molecule has 0 bridgehead atoms. The van der Waals surface area contributed by atoms with Crippen LogP contribution in [0.4, 0.5) is 0 Å². The Morgan fingerprint density at radius 3 is 2.69 bits per heavy atom. The van der Waals surface area contributed by atoms with E-state index in [2.05, 4.69) is 10.1 Å². The Morgan fingerprint density at radius 1 is 1.54 bits per heavy atom. The van der Waals surface area contributed by atoms with Crippen molar-refractivity contribution < 1.29 is 9.63 Å².